The fourth-order valence-electron chi connectivity index (χ4n) is 1.51. The quantitative estimate of drug-likeness (QED) is 0.354. The Kier molecular flexibility index (Phi) is 10.4. The molecule has 0 amide bonds. The van der Waals surface area contributed by atoms with Crippen LogP contribution >= 0.6 is 0 Å². The highest BCUT2D eigenvalue weighted by atomic mass is 16.5. The van der Waals surface area contributed by atoms with Crippen LogP contribution in [-0.4, -0.2) is 29.4 Å². The van der Waals surface area contributed by atoms with E-state index in [0.29, 0.717) is 12.5 Å². The lowest BCUT2D eigenvalue weighted by Gasteiger charge is -2.02. The van der Waals surface area contributed by atoms with E-state index in [9.17, 15) is 14.4 Å². The molecule has 0 aliphatic rings. The van der Waals surface area contributed by atoms with E-state index in [1.54, 1.807) is 0 Å². The van der Waals surface area contributed by atoms with E-state index in [1.165, 1.54) is 19.3 Å². The highest BCUT2D eigenvalue weighted by Crippen LogP contribution is 2.07. The third-order valence-electron chi connectivity index (χ3n) is 2.55. The summed E-state index contributed by atoms with van der Waals surface area (Å²) in [6, 6.07) is 0. The van der Waals surface area contributed by atoms with E-state index < -0.39 is 11.9 Å². The van der Waals surface area contributed by atoms with Gasteiger partial charge in [0.05, 0.1) is 0 Å². The maximum Gasteiger partial charge on any atom is 0.331 e. The minimum absolute atomic E-state index is 0.132. The number of esters is 1. The number of ketones is 1. The van der Waals surface area contributed by atoms with Gasteiger partial charge in [0.1, 0.15) is 6.61 Å². The molecule has 0 aliphatic heterocycles. The first-order chi connectivity index (χ1) is 9.06. The van der Waals surface area contributed by atoms with Crippen molar-refractivity contribution in [2.45, 2.75) is 51.9 Å². The van der Waals surface area contributed by atoms with Crippen molar-refractivity contribution >= 4 is 17.7 Å². The van der Waals surface area contributed by atoms with E-state index in [-0.39, 0.29) is 12.4 Å². The minimum Gasteiger partial charge on any atom is -0.478 e. The fourth-order valence-corrected chi connectivity index (χ4v) is 1.51. The van der Waals surface area contributed by atoms with E-state index >= 15 is 0 Å². The number of carboxylic acid groups (broad SMARTS) is 1. The van der Waals surface area contributed by atoms with Crippen molar-refractivity contribution in [3.63, 3.8) is 0 Å². The van der Waals surface area contributed by atoms with Gasteiger partial charge >= 0.3 is 11.9 Å². The summed E-state index contributed by atoms with van der Waals surface area (Å²) in [4.78, 5) is 32.5. The van der Waals surface area contributed by atoms with Crippen molar-refractivity contribution in [2.24, 2.45) is 0 Å². The lowest BCUT2D eigenvalue weighted by molar-refractivity contribution is -0.143. The average molecular weight is 270 g/mol. The monoisotopic (exact) mass is 270 g/mol. The third kappa shape index (κ3) is 12.6. The second kappa shape index (κ2) is 11.4. The normalized spacial score (nSPS) is 10.6. The molecule has 0 spiro atoms. The van der Waals surface area contributed by atoms with Crippen LogP contribution < -0.4 is 0 Å². The van der Waals surface area contributed by atoms with Crippen molar-refractivity contribution in [3.05, 3.63) is 12.2 Å². The summed E-state index contributed by atoms with van der Waals surface area (Å²) in [6.45, 7) is 1.87. The second-order valence-electron chi connectivity index (χ2n) is 4.34. The highest BCUT2D eigenvalue weighted by Gasteiger charge is 2.05. The summed E-state index contributed by atoms with van der Waals surface area (Å²) in [5.74, 6) is -2.17. The van der Waals surface area contributed by atoms with Crippen LogP contribution in [0.25, 0.3) is 0 Å². The number of ether oxygens (including phenoxy) is 1. The molecular formula is C14H22O5. The molecule has 0 aromatic carbocycles. The molecule has 5 heteroatoms. The highest BCUT2D eigenvalue weighted by molar-refractivity contribution is 5.92. The predicted octanol–water partition coefficient (Wildman–Crippen LogP) is 2.49. The summed E-state index contributed by atoms with van der Waals surface area (Å²) in [5.41, 5.74) is 0. The van der Waals surface area contributed by atoms with Crippen molar-refractivity contribution in [3.8, 4) is 0 Å². The van der Waals surface area contributed by atoms with Gasteiger partial charge in [0.15, 0.2) is 5.78 Å². The number of aliphatic carboxylic acids is 1. The molecule has 0 unspecified atom stereocenters. The van der Waals surface area contributed by atoms with Gasteiger partial charge in [0, 0.05) is 18.6 Å². The second-order valence-corrected chi connectivity index (χ2v) is 4.34. The number of carbonyl (C=O) groups excluding carboxylic acids is 2. The molecule has 0 atom stereocenters. The first-order valence-electron chi connectivity index (χ1n) is 6.65. The van der Waals surface area contributed by atoms with Crippen LogP contribution in [0.4, 0.5) is 0 Å². The number of carbonyl (C=O) groups is 3. The van der Waals surface area contributed by atoms with Crippen LogP contribution in [0.2, 0.25) is 0 Å². The first-order valence-corrected chi connectivity index (χ1v) is 6.65. The van der Waals surface area contributed by atoms with Crippen LogP contribution in [0.3, 0.4) is 0 Å². The molecule has 19 heavy (non-hydrogen) atoms. The molecule has 5 nitrogen and oxygen atoms in total. The molecule has 108 valence electrons. The smallest absolute Gasteiger partial charge is 0.331 e. The lowest BCUT2D eigenvalue weighted by atomic mass is 10.1. The van der Waals surface area contributed by atoms with Gasteiger partial charge < -0.3 is 9.84 Å². The Bertz CT molecular complexity index is 320. The van der Waals surface area contributed by atoms with Crippen LogP contribution in [0.15, 0.2) is 12.2 Å². The summed E-state index contributed by atoms with van der Waals surface area (Å²) >= 11 is 0. The summed E-state index contributed by atoms with van der Waals surface area (Å²) < 4.78 is 4.61. The maximum absolute atomic E-state index is 11.4. The zero-order chi connectivity index (χ0) is 14.5. The number of rotatable bonds is 11. The van der Waals surface area contributed by atoms with Gasteiger partial charge in [-0.2, -0.15) is 0 Å². The number of hydrogen-bond acceptors (Lipinski definition) is 4. The first kappa shape index (κ1) is 17.4. The largest absolute Gasteiger partial charge is 0.478 e. The molecule has 0 aromatic rings. The van der Waals surface area contributed by atoms with E-state index in [4.69, 9.17) is 5.11 Å². The topological polar surface area (TPSA) is 80.7 Å². The Morgan fingerprint density at radius 1 is 1.00 bits per heavy atom. The van der Waals surface area contributed by atoms with Crippen LogP contribution in [0, 0.1) is 0 Å². The minimum atomic E-state index is -1.23. The number of hydrogen-bond donors (Lipinski definition) is 1. The number of carboxylic acids is 1. The molecule has 0 aromatic heterocycles. The van der Waals surface area contributed by atoms with E-state index in [0.717, 1.165) is 25.3 Å². The summed E-state index contributed by atoms with van der Waals surface area (Å²) in [5, 5.41) is 8.28. The molecule has 0 radical (unpaired) electrons. The molecule has 0 aliphatic carbocycles. The lowest BCUT2D eigenvalue weighted by Crippen LogP contribution is -2.12. The Morgan fingerprint density at radius 3 is 2.26 bits per heavy atom. The molecule has 0 fully saturated rings. The zero-order valence-corrected chi connectivity index (χ0v) is 11.4. The third-order valence-corrected chi connectivity index (χ3v) is 2.55. The van der Waals surface area contributed by atoms with Crippen molar-refractivity contribution in [2.75, 3.05) is 6.61 Å². The maximum atomic E-state index is 11.4. The fraction of sp³-hybridized carbons (Fsp3) is 0.643. The summed E-state index contributed by atoms with van der Waals surface area (Å²) in [6.07, 6.45) is 8.44. The van der Waals surface area contributed by atoms with Crippen molar-refractivity contribution in [1.29, 1.82) is 0 Å². The Morgan fingerprint density at radius 2 is 1.63 bits per heavy atom. The zero-order valence-electron chi connectivity index (χ0n) is 11.4. The van der Waals surface area contributed by atoms with Crippen LogP contribution in [0.1, 0.15) is 51.9 Å². The Hall–Kier alpha value is -1.65. The van der Waals surface area contributed by atoms with Gasteiger partial charge in [-0.1, -0.05) is 39.0 Å². The van der Waals surface area contributed by atoms with Gasteiger partial charge in [-0.25, -0.2) is 9.59 Å². The SMILES string of the molecule is CCCCCCCCC(=O)COC(=O)/C=C/C(=O)O. The van der Waals surface area contributed by atoms with Gasteiger partial charge in [-0.3, -0.25) is 4.79 Å². The van der Waals surface area contributed by atoms with Crippen LogP contribution in [0.5, 0.6) is 0 Å². The number of Topliss-reactive ketones (excluding diaryl/α,β-unsaturated/α-hetero) is 1. The molecule has 0 heterocycles. The summed E-state index contributed by atoms with van der Waals surface area (Å²) in [7, 11) is 0. The molecule has 0 saturated carbocycles. The molecule has 0 saturated heterocycles. The number of unbranched alkanes of at least 4 members (excludes halogenated alkanes) is 5. The Balaban J connectivity index is 3.54. The van der Waals surface area contributed by atoms with Gasteiger partial charge in [-0.05, 0) is 6.42 Å². The van der Waals surface area contributed by atoms with E-state index in [2.05, 4.69) is 11.7 Å². The molecule has 1 N–H and O–H groups in total. The van der Waals surface area contributed by atoms with Crippen molar-refractivity contribution in [1.82, 2.24) is 0 Å². The Labute approximate surface area is 113 Å². The van der Waals surface area contributed by atoms with Gasteiger partial charge in [0.2, 0.25) is 0 Å². The van der Waals surface area contributed by atoms with Crippen LogP contribution in [-0.2, 0) is 19.1 Å². The van der Waals surface area contributed by atoms with Gasteiger partial charge in [0.25, 0.3) is 0 Å². The van der Waals surface area contributed by atoms with Gasteiger partial charge in [-0.15, -0.1) is 0 Å². The average Bonchev–Trinajstić information content (AvgIpc) is 2.38. The standard InChI is InChI=1S/C14H22O5/c1-2-3-4-5-6-7-8-12(15)11-19-14(18)10-9-13(16)17/h9-10H,2-8,11H2,1H3,(H,16,17)/b10-9+. The molecular weight excluding hydrogens is 248 g/mol. The molecule has 0 bridgehead atoms. The van der Waals surface area contributed by atoms with Crippen molar-refractivity contribution < 1.29 is 24.2 Å². The van der Waals surface area contributed by atoms with E-state index in [1.807, 2.05) is 0 Å². The molecule has 0 rings (SSSR count). The predicted molar refractivity (Wildman–Crippen MR) is 70.7 cm³/mol.